The van der Waals surface area contributed by atoms with Crippen molar-refractivity contribution in [2.45, 2.75) is 33.1 Å². The van der Waals surface area contributed by atoms with Crippen molar-refractivity contribution in [3.63, 3.8) is 0 Å². The second-order valence-corrected chi connectivity index (χ2v) is 5.51. The van der Waals surface area contributed by atoms with Crippen molar-refractivity contribution >= 4 is 11.6 Å². The quantitative estimate of drug-likeness (QED) is 0.856. The van der Waals surface area contributed by atoms with Gasteiger partial charge in [0.05, 0.1) is 6.61 Å². The summed E-state index contributed by atoms with van der Waals surface area (Å²) in [6, 6.07) is 1.98. The van der Waals surface area contributed by atoms with E-state index in [1.165, 1.54) is 0 Å². The van der Waals surface area contributed by atoms with Crippen LogP contribution < -0.4 is 10.2 Å². The van der Waals surface area contributed by atoms with E-state index in [2.05, 4.69) is 42.9 Å². The van der Waals surface area contributed by atoms with Crippen LogP contribution in [-0.4, -0.2) is 43.8 Å². The van der Waals surface area contributed by atoms with Gasteiger partial charge in [-0.15, -0.1) is 0 Å². The molecule has 1 aromatic rings. The second kappa shape index (κ2) is 6.70. The third-order valence-corrected chi connectivity index (χ3v) is 2.91. The minimum atomic E-state index is -0.0672. The maximum absolute atomic E-state index is 5.15. The fourth-order valence-electron chi connectivity index (χ4n) is 1.70. The summed E-state index contributed by atoms with van der Waals surface area (Å²) < 4.78 is 5.15. The number of likely N-dealkylation sites (N-methyl/N-ethyl adjacent to an activating group) is 1. The van der Waals surface area contributed by atoms with E-state index in [1.54, 1.807) is 7.11 Å². The van der Waals surface area contributed by atoms with Gasteiger partial charge in [-0.2, -0.15) is 0 Å². The van der Waals surface area contributed by atoms with Crippen LogP contribution in [0.2, 0.25) is 0 Å². The Morgan fingerprint density at radius 1 is 1.32 bits per heavy atom. The fraction of sp³-hybridized carbons (Fsp3) is 0.714. The molecule has 0 saturated carbocycles. The van der Waals surface area contributed by atoms with Crippen LogP contribution in [0.15, 0.2) is 6.07 Å². The smallest absolute Gasteiger partial charge is 0.138 e. The Balaban J connectivity index is 3.11. The first-order chi connectivity index (χ1) is 8.92. The van der Waals surface area contributed by atoms with Crippen molar-refractivity contribution in [1.29, 1.82) is 0 Å². The zero-order valence-electron chi connectivity index (χ0n) is 12.9. The number of aromatic nitrogens is 2. The summed E-state index contributed by atoms with van der Waals surface area (Å²) in [4.78, 5) is 11.4. The average Bonchev–Trinajstić information content (AvgIpc) is 2.38. The molecule has 0 unspecified atom stereocenters. The highest BCUT2D eigenvalue weighted by Crippen LogP contribution is 2.23. The largest absolute Gasteiger partial charge is 0.383 e. The van der Waals surface area contributed by atoms with E-state index >= 15 is 0 Å². The first kappa shape index (κ1) is 15.7. The van der Waals surface area contributed by atoms with Gasteiger partial charge in [0, 0.05) is 38.7 Å². The fourth-order valence-corrected chi connectivity index (χ4v) is 1.70. The number of nitrogens with one attached hydrogen (secondary N) is 1. The lowest BCUT2D eigenvalue weighted by molar-refractivity contribution is 0.205. The topological polar surface area (TPSA) is 50.3 Å². The Bertz CT molecular complexity index is 401. The number of ether oxygens (including phenoxy) is 1. The molecule has 0 bridgehead atoms. The van der Waals surface area contributed by atoms with E-state index in [9.17, 15) is 0 Å². The molecule has 0 aliphatic heterocycles. The van der Waals surface area contributed by atoms with Crippen LogP contribution in [0.25, 0.3) is 0 Å². The molecule has 108 valence electrons. The van der Waals surface area contributed by atoms with Crippen molar-refractivity contribution in [2.24, 2.45) is 0 Å². The first-order valence-corrected chi connectivity index (χ1v) is 6.73. The Kier molecular flexibility index (Phi) is 5.54. The molecule has 0 aliphatic rings. The monoisotopic (exact) mass is 266 g/mol. The normalized spacial score (nSPS) is 11.5. The van der Waals surface area contributed by atoms with Gasteiger partial charge in [-0.1, -0.05) is 20.8 Å². The summed E-state index contributed by atoms with van der Waals surface area (Å²) in [5, 5.41) is 3.11. The number of anilines is 2. The van der Waals surface area contributed by atoms with Crippen LogP contribution in [0.1, 0.15) is 33.5 Å². The minimum absolute atomic E-state index is 0.0672. The van der Waals surface area contributed by atoms with Crippen LogP contribution in [0.4, 0.5) is 11.6 Å². The molecule has 0 atom stereocenters. The number of nitrogens with zero attached hydrogens (tertiary/aromatic N) is 3. The molecule has 0 amide bonds. The molecule has 0 fully saturated rings. The summed E-state index contributed by atoms with van der Waals surface area (Å²) in [7, 11) is 3.59. The van der Waals surface area contributed by atoms with Crippen LogP contribution in [0.5, 0.6) is 0 Å². The average molecular weight is 266 g/mol. The van der Waals surface area contributed by atoms with Gasteiger partial charge < -0.3 is 15.0 Å². The van der Waals surface area contributed by atoms with Crippen LogP contribution in [0, 0.1) is 0 Å². The Hall–Kier alpha value is -1.36. The van der Waals surface area contributed by atoms with Gasteiger partial charge in [-0.3, -0.25) is 0 Å². The van der Waals surface area contributed by atoms with Gasteiger partial charge in [0.15, 0.2) is 0 Å². The zero-order chi connectivity index (χ0) is 14.5. The molecular weight excluding hydrogens is 240 g/mol. The molecule has 19 heavy (non-hydrogen) atoms. The maximum Gasteiger partial charge on any atom is 0.138 e. The molecule has 0 aliphatic carbocycles. The van der Waals surface area contributed by atoms with E-state index in [0.29, 0.717) is 6.61 Å². The SMILES string of the molecule is CCN(CCOC)c1cc(NC)nc(C(C)(C)C)n1. The Morgan fingerprint density at radius 2 is 2.00 bits per heavy atom. The number of hydrogen-bond acceptors (Lipinski definition) is 5. The van der Waals surface area contributed by atoms with Crippen molar-refractivity contribution < 1.29 is 4.74 Å². The van der Waals surface area contributed by atoms with E-state index in [0.717, 1.165) is 30.5 Å². The minimum Gasteiger partial charge on any atom is -0.383 e. The first-order valence-electron chi connectivity index (χ1n) is 6.73. The van der Waals surface area contributed by atoms with Gasteiger partial charge in [0.1, 0.15) is 17.5 Å². The van der Waals surface area contributed by atoms with Crippen LogP contribution in [0.3, 0.4) is 0 Å². The molecule has 1 aromatic heterocycles. The molecule has 1 N–H and O–H groups in total. The molecule has 0 saturated heterocycles. The van der Waals surface area contributed by atoms with E-state index < -0.39 is 0 Å². The standard InChI is InChI=1S/C14H26N4O/c1-7-18(8-9-19-6)12-10-11(15-5)16-13(17-12)14(2,3)4/h10H,7-9H2,1-6H3,(H,15,16,17). The molecule has 0 spiro atoms. The summed E-state index contributed by atoms with van der Waals surface area (Å²) in [6.45, 7) is 10.9. The van der Waals surface area contributed by atoms with Gasteiger partial charge in [0.2, 0.25) is 0 Å². The third-order valence-electron chi connectivity index (χ3n) is 2.91. The number of rotatable bonds is 6. The highest BCUT2D eigenvalue weighted by Gasteiger charge is 2.20. The predicted octanol–water partition coefficient (Wildman–Crippen LogP) is 2.29. The number of methoxy groups -OCH3 is 1. The zero-order valence-corrected chi connectivity index (χ0v) is 12.9. The number of hydrogen-bond donors (Lipinski definition) is 1. The van der Waals surface area contributed by atoms with Crippen molar-refractivity contribution in [3.05, 3.63) is 11.9 Å². The Labute approximate surface area is 116 Å². The third kappa shape index (κ3) is 4.35. The molecular formula is C14H26N4O. The summed E-state index contributed by atoms with van der Waals surface area (Å²) >= 11 is 0. The highest BCUT2D eigenvalue weighted by molar-refractivity contribution is 5.49. The molecule has 0 radical (unpaired) electrons. The van der Waals surface area contributed by atoms with Gasteiger partial charge in [-0.25, -0.2) is 9.97 Å². The molecule has 5 nitrogen and oxygen atoms in total. The van der Waals surface area contributed by atoms with E-state index in [-0.39, 0.29) is 5.41 Å². The van der Waals surface area contributed by atoms with Gasteiger partial charge in [0.25, 0.3) is 0 Å². The van der Waals surface area contributed by atoms with Crippen molar-refractivity contribution in [3.8, 4) is 0 Å². The molecule has 0 aromatic carbocycles. The van der Waals surface area contributed by atoms with E-state index in [1.807, 2.05) is 13.1 Å². The lowest BCUT2D eigenvalue weighted by atomic mass is 9.96. The summed E-state index contributed by atoms with van der Waals surface area (Å²) in [5.74, 6) is 2.65. The molecule has 5 heteroatoms. The Morgan fingerprint density at radius 3 is 2.47 bits per heavy atom. The van der Waals surface area contributed by atoms with E-state index in [4.69, 9.17) is 9.72 Å². The van der Waals surface area contributed by atoms with Gasteiger partial charge >= 0.3 is 0 Å². The van der Waals surface area contributed by atoms with Crippen LogP contribution in [-0.2, 0) is 10.2 Å². The highest BCUT2D eigenvalue weighted by atomic mass is 16.5. The predicted molar refractivity (Wildman–Crippen MR) is 80.0 cm³/mol. The summed E-state index contributed by atoms with van der Waals surface area (Å²) in [6.07, 6.45) is 0. The summed E-state index contributed by atoms with van der Waals surface area (Å²) in [5.41, 5.74) is -0.0672. The maximum atomic E-state index is 5.15. The molecule has 1 heterocycles. The molecule has 1 rings (SSSR count). The second-order valence-electron chi connectivity index (χ2n) is 5.51. The van der Waals surface area contributed by atoms with Crippen LogP contribution >= 0.6 is 0 Å². The lowest BCUT2D eigenvalue weighted by Gasteiger charge is -2.25. The lowest BCUT2D eigenvalue weighted by Crippen LogP contribution is -2.29. The van der Waals surface area contributed by atoms with Gasteiger partial charge in [-0.05, 0) is 6.92 Å². The van der Waals surface area contributed by atoms with Crippen molar-refractivity contribution in [2.75, 3.05) is 44.1 Å². The van der Waals surface area contributed by atoms with Crippen molar-refractivity contribution in [1.82, 2.24) is 9.97 Å².